The molecule has 3 rings (SSSR count). The minimum Gasteiger partial charge on any atom is -0.481 e. The zero-order valence-corrected chi connectivity index (χ0v) is 17.4. The molecule has 2 aromatic carbocycles. The number of anilines is 1. The van der Waals surface area contributed by atoms with Crippen molar-refractivity contribution in [3.8, 4) is 5.75 Å². The van der Waals surface area contributed by atoms with Crippen LogP contribution in [-0.2, 0) is 4.79 Å². The van der Waals surface area contributed by atoms with Crippen LogP contribution in [0, 0.1) is 0 Å². The lowest BCUT2D eigenvalue weighted by Crippen LogP contribution is -2.30. The SMILES string of the molecule is CCC(C)c1ccc2nc(NC(=O)C(C)Oc3cccc(Br)c3)sc2c1. The van der Waals surface area contributed by atoms with Crippen LogP contribution in [0.25, 0.3) is 10.2 Å². The molecule has 0 saturated heterocycles. The molecule has 0 aliphatic heterocycles. The van der Waals surface area contributed by atoms with Gasteiger partial charge in [0.25, 0.3) is 5.91 Å². The maximum absolute atomic E-state index is 12.4. The van der Waals surface area contributed by atoms with Crippen LogP contribution < -0.4 is 10.1 Å². The molecule has 0 aliphatic carbocycles. The van der Waals surface area contributed by atoms with E-state index in [9.17, 15) is 4.79 Å². The van der Waals surface area contributed by atoms with Crippen LogP contribution in [0.1, 0.15) is 38.7 Å². The van der Waals surface area contributed by atoms with E-state index in [1.807, 2.05) is 30.3 Å². The van der Waals surface area contributed by atoms with E-state index in [2.05, 4.69) is 52.2 Å². The molecule has 1 N–H and O–H groups in total. The maximum Gasteiger partial charge on any atom is 0.266 e. The molecule has 6 heteroatoms. The Hall–Kier alpha value is -1.92. The molecule has 0 bridgehead atoms. The summed E-state index contributed by atoms with van der Waals surface area (Å²) in [5, 5.41) is 3.45. The fourth-order valence-electron chi connectivity index (χ4n) is 2.54. The summed E-state index contributed by atoms with van der Waals surface area (Å²) in [6, 6.07) is 13.7. The number of nitrogens with one attached hydrogen (secondary N) is 1. The molecule has 0 spiro atoms. The van der Waals surface area contributed by atoms with Gasteiger partial charge in [0.2, 0.25) is 0 Å². The first kappa shape index (κ1) is 18.9. The van der Waals surface area contributed by atoms with Gasteiger partial charge in [0.15, 0.2) is 11.2 Å². The van der Waals surface area contributed by atoms with Gasteiger partial charge in [-0.3, -0.25) is 10.1 Å². The molecule has 1 amide bonds. The Kier molecular flexibility index (Phi) is 5.94. The van der Waals surface area contributed by atoms with Gasteiger partial charge in [0.1, 0.15) is 5.75 Å². The number of ether oxygens (including phenoxy) is 1. The largest absolute Gasteiger partial charge is 0.481 e. The Bertz CT molecular complexity index is 925. The van der Waals surface area contributed by atoms with Crippen molar-refractivity contribution in [1.29, 1.82) is 0 Å². The van der Waals surface area contributed by atoms with Gasteiger partial charge in [-0.05, 0) is 55.2 Å². The van der Waals surface area contributed by atoms with Crippen molar-refractivity contribution >= 4 is 48.5 Å². The van der Waals surface area contributed by atoms with Crippen LogP contribution >= 0.6 is 27.3 Å². The van der Waals surface area contributed by atoms with Crippen molar-refractivity contribution in [3.63, 3.8) is 0 Å². The highest BCUT2D eigenvalue weighted by Gasteiger charge is 2.17. The van der Waals surface area contributed by atoms with E-state index < -0.39 is 6.10 Å². The van der Waals surface area contributed by atoms with Crippen LogP contribution in [0.5, 0.6) is 5.75 Å². The monoisotopic (exact) mass is 432 g/mol. The average molecular weight is 433 g/mol. The summed E-state index contributed by atoms with van der Waals surface area (Å²) in [5.74, 6) is 0.939. The second kappa shape index (κ2) is 8.18. The number of carbonyl (C=O) groups is 1. The predicted molar refractivity (Wildman–Crippen MR) is 111 cm³/mol. The number of amides is 1. The summed E-state index contributed by atoms with van der Waals surface area (Å²) in [4.78, 5) is 16.9. The molecule has 0 aliphatic rings. The zero-order valence-electron chi connectivity index (χ0n) is 15.0. The Morgan fingerprint density at radius 3 is 2.81 bits per heavy atom. The molecule has 136 valence electrons. The summed E-state index contributed by atoms with van der Waals surface area (Å²) in [5.41, 5.74) is 2.20. The van der Waals surface area contributed by atoms with Crippen LogP contribution in [0.15, 0.2) is 46.9 Å². The van der Waals surface area contributed by atoms with Gasteiger partial charge >= 0.3 is 0 Å². The molecule has 26 heavy (non-hydrogen) atoms. The van der Waals surface area contributed by atoms with E-state index >= 15 is 0 Å². The number of thiazole rings is 1. The summed E-state index contributed by atoms with van der Waals surface area (Å²) in [6.07, 6.45) is 0.477. The predicted octanol–water partition coefficient (Wildman–Crippen LogP) is 5.98. The Morgan fingerprint density at radius 2 is 2.08 bits per heavy atom. The molecule has 1 aromatic heterocycles. The molecule has 3 aromatic rings. The number of aromatic nitrogens is 1. The van der Waals surface area contributed by atoms with Crippen LogP contribution in [0.3, 0.4) is 0 Å². The first-order valence-corrected chi connectivity index (χ1v) is 10.2. The number of nitrogens with zero attached hydrogens (tertiary/aromatic N) is 1. The van der Waals surface area contributed by atoms with Gasteiger partial charge in [-0.1, -0.05) is 53.2 Å². The van der Waals surface area contributed by atoms with E-state index in [-0.39, 0.29) is 5.91 Å². The number of hydrogen-bond acceptors (Lipinski definition) is 4. The minimum absolute atomic E-state index is 0.216. The van der Waals surface area contributed by atoms with E-state index in [0.29, 0.717) is 16.8 Å². The van der Waals surface area contributed by atoms with Crippen molar-refractivity contribution in [2.75, 3.05) is 5.32 Å². The number of halogens is 1. The summed E-state index contributed by atoms with van der Waals surface area (Å²) in [6.45, 7) is 6.12. The normalized spacial score (nSPS) is 13.4. The molecule has 2 unspecified atom stereocenters. The lowest BCUT2D eigenvalue weighted by atomic mass is 9.99. The van der Waals surface area contributed by atoms with E-state index in [4.69, 9.17) is 4.74 Å². The minimum atomic E-state index is -0.619. The van der Waals surface area contributed by atoms with E-state index in [0.717, 1.165) is 21.1 Å². The fraction of sp³-hybridized carbons (Fsp3) is 0.300. The second-order valence-corrected chi connectivity index (χ2v) is 8.21. The van der Waals surface area contributed by atoms with Gasteiger partial charge < -0.3 is 4.74 Å². The van der Waals surface area contributed by atoms with Crippen LogP contribution in [0.4, 0.5) is 5.13 Å². The highest BCUT2D eigenvalue weighted by atomic mass is 79.9. The van der Waals surface area contributed by atoms with Crippen molar-refractivity contribution in [2.24, 2.45) is 0 Å². The molecule has 0 radical (unpaired) electrons. The highest BCUT2D eigenvalue weighted by Crippen LogP contribution is 2.30. The van der Waals surface area contributed by atoms with Crippen LogP contribution in [-0.4, -0.2) is 17.0 Å². The molecule has 4 nitrogen and oxygen atoms in total. The van der Waals surface area contributed by atoms with Gasteiger partial charge in [-0.25, -0.2) is 4.98 Å². The third-order valence-corrected chi connectivity index (χ3v) is 5.73. The van der Waals surface area contributed by atoms with Gasteiger partial charge in [0.05, 0.1) is 10.2 Å². The third kappa shape index (κ3) is 4.43. The van der Waals surface area contributed by atoms with E-state index in [1.54, 1.807) is 6.92 Å². The van der Waals surface area contributed by atoms with Crippen molar-refractivity contribution in [2.45, 2.75) is 39.2 Å². The topological polar surface area (TPSA) is 51.2 Å². The number of hydrogen-bond donors (Lipinski definition) is 1. The molecular formula is C20H21BrN2O2S. The quantitative estimate of drug-likeness (QED) is 0.521. The van der Waals surface area contributed by atoms with Crippen molar-refractivity contribution in [3.05, 3.63) is 52.5 Å². The van der Waals surface area contributed by atoms with Gasteiger partial charge in [-0.2, -0.15) is 0 Å². The van der Waals surface area contributed by atoms with Gasteiger partial charge in [0, 0.05) is 4.47 Å². The second-order valence-electron chi connectivity index (χ2n) is 6.26. The lowest BCUT2D eigenvalue weighted by Gasteiger charge is -2.13. The standard InChI is InChI=1S/C20H21BrN2O2S/c1-4-12(2)14-8-9-17-18(10-14)26-20(22-17)23-19(24)13(3)25-16-7-5-6-15(21)11-16/h5-13H,4H2,1-3H3,(H,22,23,24). The fourth-order valence-corrected chi connectivity index (χ4v) is 3.84. The summed E-state index contributed by atoms with van der Waals surface area (Å²) >= 11 is 4.88. The number of carbonyl (C=O) groups excluding carboxylic acids is 1. The summed E-state index contributed by atoms with van der Waals surface area (Å²) < 4.78 is 7.69. The Labute approximate surface area is 165 Å². The first-order chi connectivity index (χ1) is 12.5. The van der Waals surface area contributed by atoms with Gasteiger partial charge in [-0.15, -0.1) is 0 Å². The maximum atomic E-state index is 12.4. The third-order valence-electron chi connectivity index (χ3n) is 4.30. The highest BCUT2D eigenvalue weighted by molar-refractivity contribution is 9.10. The average Bonchev–Trinajstić information content (AvgIpc) is 3.02. The molecular weight excluding hydrogens is 412 g/mol. The molecule has 0 fully saturated rings. The van der Waals surface area contributed by atoms with Crippen LogP contribution in [0.2, 0.25) is 0 Å². The van der Waals surface area contributed by atoms with Crippen molar-refractivity contribution in [1.82, 2.24) is 4.98 Å². The number of rotatable bonds is 6. The number of fused-ring (bicyclic) bond motifs is 1. The number of benzene rings is 2. The molecule has 2 atom stereocenters. The first-order valence-electron chi connectivity index (χ1n) is 8.60. The van der Waals surface area contributed by atoms with E-state index in [1.165, 1.54) is 16.9 Å². The zero-order chi connectivity index (χ0) is 18.7. The summed E-state index contributed by atoms with van der Waals surface area (Å²) in [7, 11) is 0. The molecule has 1 heterocycles. The molecule has 0 saturated carbocycles. The lowest BCUT2D eigenvalue weighted by molar-refractivity contribution is -0.122. The van der Waals surface area contributed by atoms with Crippen molar-refractivity contribution < 1.29 is 9.53 Å². The smallest absolute Gasteiger partial charge is 0.266 e. The Morgan fingerprint density at radius 1 is 1.27 bits per heavy atom. The Balaban J connectivity index is 1.70.